The predicted molar refractivity (Wildman–Crippen MR) is 69.1 cm³/mol. The first-order valence-corrected chi connectivity index (χ1v) is 5.92. The minimum atomic E-state index is -1.44. The molecule has 0 N–H and O–H groups in total. The molecule has 0 aliphatic heterocycles. The van der Waals surface area contributed by atoms with Crippen LogP contribution in [0.3, 0.4) is 0 Å². The molecule has 1 aromatic heterocycles. The van der Waals surface area contributed by atoms with Crippen molar-refractivity contribution >= 4 is 17.0 Å². The van der Waals surface area contributed by atoms with Gasteiger partial charge in [-0.2, -0.15) is 5.26 Å². The van der Waals surface area contributed by atoms with E-state index in [0.29, 0.717) is 11.2 Å². The number of ether oxygens (including phenoxy) is 1. The average Bonchev–Trinajstić information content (AvgIpc) is 2.46. The molecule has 1 unspecified atom stereocenters. The molecule has 0 saturated carbocycles. The van der Waals surface area contributed by atoms with Crippen molar-refractivity contribution in [3.8, 4) is 6.07 Å². The van der Waals surface area contributed by atoms with Crippen LogP contribution in [-0.2, 0) is 14.9 Å². The summed E-state index contributed by atoms with van der Waals surface area (Å²) in [7, 11) is 0. The molecular formula is C14H13N3O2. The van der Waals surface area contributed by atoms with Gasteiger partial charge in [-0.05, 0) is 26.0 Å². The van der Waals surface area contributed by atoms with Crippen LogP contribution >= 0.6 is 0 Å². The van der Waals surface area contributed by atoms with Gasteiger partial charge in [-0.3, -0.25) is 4.98 Å². The number of fused-ring (bicyclic) bond motifs is 1. The van der Waals surface area contributed by atoms with E-state index >= 15 is 0 Å². The Morgan fingerprint density at radius 2 is 2.11 bits per heavy atom. The zero-order valence-electron chi connectivity index (χ0n) is 10.8. The standard InChI is InChI=1S/C14H13N3O2/c1-3-19-13(18)14(2,9-15)12-8-16-10-6-4-5-7-11(10)17-12/h4-8H,3H2,1-2H3. The summed E-state index contributed by atoms with van der Waals surface area (Å²) in [6, 6.07) is 9.25. The van der Waals surface area contributed by atoms with E-state index in [0.717, 1.165) is 5.52 Å². The molecule has 0 spiro atoms. The van der Waals surface area contributed by atoms with Crippen molar-refractivity contribution in [1.82, 2.24) is 9.97 Å². The zero-order valence-corrected chi connectivity index (χ0v) is 10.8. The average molecular weight is 255 g/mol. The summed E-state index contributed by atoms with van der Waals surface area (Å²) in [5.41, 5.74) is 0.223. The molecule has 19 heavy (non-hydrogen) atoms. The molecule has 2 aromatic rings. The van der Waals surface area contributed by atoms with E-state index < -0.39 is 11.4 Å². The molecule has 0 radical (unpaired) electrons. The fourth-order valence-electron chi connectivity index (χ4n) is 1.68. The van der Waals surface area contributed by atoms with Gasteiger partial charge < -0.3 is 4.74 Å². The number of hydrogen-bond acceptors (Lipinski definition) is 5. The van der Waals surface area contributed by atoms with Gasteiger partial charge in [0.15, 0.2) is 5.41 Å². The number of hydrogen-bond donors (Lipinski definition) is 0. The van der Waals surface area contributed by atoms with Crippen molar-refractivity contribution in [3.63, 3.8) is 0 Å². The van der Waals surface area contributed by atoms with Gasteiger partial charge in [0.25, 0.3) is 0 Å². The summed E-state index contributed by atoms with van der Waals surface area (Å²) in [5.74, 6) is -0.609. The SMILES string of the molecule is CCOC(=O)C(C)(C#N)c1cnc2ccccc2n1. The topological polar surface area (TPSA) is 75.9 Å². The Morgan fingerprint density at radius 1 is 1.42 bits per heavy atom. The molecule has 2 rings (SSSR count). The lowest BCUT2D eigenvalue weighted by atomic mass is 9.89. The minimum Gasteiger partial charge on any atom is -0.465 e. The summed E-state index contributed by atoms with van der Waals surface area (Å²) >= 11 is 0. The molecule has 0 bridgehead atoms. The quantitative estimate of drug-likeness (QED) is 0.784. The molecule has 0 aliphatic rings. The smallest absolute Gasteiger partial charge is 0.332 e. The number of carbonyl (C=O) groups excluding carboxylic acids is 1. The van der Waals surface area contributed by atoms with Crippen LogP contribution in [0.1, 0.15) is 19.5 Å². The second kappa shape index (κ2) is 5.02. The van der Waals surface area contributed by atoms with E-state index in [2.05, 4.69) is 9.97 Å². The highest BCUT2D eigenvalue weighted by molar-refractivity contribution is 5.86. The van der Waals surface area contributed by atoms with Crippen LogP contribution in [0.15, 0.2) is 30.5 Å². The molecule has 0 saturated heterocycles. The highest BCUT2D eigenvalue weighted by Crippen LogP contribution is 2.24. The second-order valence-electron chi connectivity index (χ2n) is 4.20. The summed E-state index contributed by atoms with van der Waals surface area (Å²) in [4.78, 5) is 20.5. The molecule has 0 aliphatic carbocycles. The van der Waals surface area contributed by atoms with Gasteiger partial charge in [0.05, 0.1) is 35.6 Å². The fraction of sp³-hybridized carbons (Fsp3) is 0.286. The summed E-state index contributed by atoms with van der Waals surface area (Å²) in [6.45, 7) is 3.41. The summed E-state index contributed by atoms with van der Waals surface area (Å²) in [5, 5.41) is 9.29. The zero-order chi connectivity index (χ0) is 13.9. The van der Waals surface area contributed by atoms with Crippen molar-refractivity contribution in [2.45, 2.75) is 19.3 Å². The largest absolute Gasteiger partial charge is 0.465 e. The lowest BCUT2D eigenvalue weighted by molar-refractivity contribution is -0.147. The Kier molecular flexibility index (Phi) is 3.43. The number of para-hydroxylation sites is 2. The lowest BCUT2D eigenvalue weighted by Crippen LogP contribution is -2.34. The van der Waals surface area contributed by atoms with E-state index in [4.69, 9.17) is 4.74 Å². The van der Waals surface area contributed by atoms with Crippen molar-refractivity contribution in [2.24, 2.45) is 0 Å². The van der Waals surface area contributed by atoms with Crippen LogP contribution in [-0.4, -0.2) is 22.5 Å². The van der Waals surface area contributed by atoms with Crippen LogP contribution in [0.5, 0.6) is 0 Å². The van der Waals surface area contributed by atoms with E-state index in [9.17, 15) is 10.1 Å². The van der Waals surface area contributed by atoms with Gasteiger partial charge >= 0.3 is 5.97 Å². The predicted octanol–water partition coefficient (Wildman–Crippen LogP) is 1.97. The molecule has 1 aromatic carbocycles. The van der Waals surface area contributed by atoms with Gasteiger partial charge in [0, 0.05) is 0 Å². The van der Waals surface area contributed by atoms with Gasteiger partial charge in [0.2, 0.25) is 0 Å². The summed E-state index contributed by atoms with van der Waals surface area (Å²) < 4.78 is 4.94. The Labute approximate surface area is 110 Å². The number of nitriles is 1. The number of carbonyl (C=O) groups is 1. The van der Waals surface area contributed by atoms with Crippen LogP contribution in [0.25, 0.3) is 11.0 Å². The first-order chi connectivity index (χ1) is 9.11. The molecule has 5 nitrogen and oxygen atoms in total. The van der Waals surface area contributed by atoms with Crippen LogP contribution in [0.4, 0.5) is 0 Å². The molecule has 1 atom stereocenters. The third-order valence-corrected chi connectivity index (χ3v) is 2.87. The molecule has 96 valence electrons. The van der Waals surface area contributed by atoms with Gasteiger partial charge in [-0.25, -0.2) is 9.78 Å². The number of esters is 1. The Bertz CT molecular complexity index is 663. The highest BCUT2D eigenvalue weighted by Gasteiger charge is 2.39. The number of rotatable bonds is 3. The maximum atomic E-state index is 11.9. The molecule has 0 amide bonds. The maximum Gasteiger partial charge on any atom is 0.332 e. The van der Waals surface area contributed by atoms with Gasteiger partial charge in [-0.1, -0.05) is 12.1 Å². The van der Waals surface area contributed by atoms with Crippen molar-refractivity contribution < 1.29 is 9.53 Å². The van der Waals surface area contributed by atoms with Crippen LogP contribution in [0.2, 0.25) is 0 Å². The normalized spacial score (nSPS) is 13.5. The van der Waals surface area contributed by atoms with E-state index in [1.54, 1.807) is 13.0 Å². The molecule has 5 heteroatoms. The van der Waals surface area contributed by atoms with E-state index in [-0.39, 0.29) is 6.61 Å². The second-order valence-corrected chi connectivity index (χ2v) is 4.20. The molecule has 1 heterocycles. The Hall–Kier alpha value is -2.48. The monoisotopic (exact) mass is 255 g/mol. The van der Waals surface area contributed by atoms with Crippen LogP contribution in [0, 0.1) is 11.3 Å². The summed E-state index contributed by atoms with van der Waals surface area (Å²) in [6.07, 6.45) is 1.45. The Balaban J connectivity index is 2.52. The van der Waals surface area contributed by atoms with Gasteiger partial charge in [0.1, 0.15) is 0 Å². The van der Waals surface area contributed by atoms with Gasteiger partial charge in [-0.15, -0.1) is 0 Å². The lowest BCUT2D eigenvalue weighted by Gasteiger charge is -2.18. The maximum absolute atomic E-state index is 11.9. The van der Waals surface area contributed by atoms with E-state index in [1.807, 2.05) is 24.3 Å². The number of aromatic nitrogens is 2. The fourth-order valence-corrected chi connectivity index (χ4v) is 1.68. The molecular weight excluding hydrogens is 242 g/mol. The third-order valence-electron chi connectivity index (χ3n) is 2.87. The van der Waals surface area contributed by atoms with E-state index in [1.165, 1.54) is 13.1 Å². The van der Waals surface area contributed by atoms with Crippen molar-refractivity contribution in [1.29, 1.82) is 5.26 Å². The minimum absolute atomic E-state index is 0.219. The van der Waals surface area contributed by atoms with Crippen LogP contribution < -0.4 is 0 Å². The molecule has 0 fully saturated rings. The Morgan fingerprint density at radius 3 is 2.74 bits per heavy atom. The first-order valence-electron chi connectivity index (χ1n) is 5.92. The number of benzene rings is 1. The first kappa shape index (κ1) is 13.0. The number of nitrogens with zero attached hydrogens (tertiary/aromatic N) is 3. The van der Waals surface area contributed by atoms with Crippen molar-refractivity contribution in [3.05, 3.63) is 36.2 Å². The third kappa shape index (κ3) is 2.25. The van der Waals surface area contributed by atoms with Crippen molar-refractivity contribution in [2.75, 3.05) is 6.61 Å². The highest BCUT2D eigenvalue weighted by atomic mass is 16.5.